The molecule has 2 aromatic rings. The van der Waals surface area contributed by atoms with Crippen molar-refractivity contribution in [2.45, 2.75) is 9.79 Å². The second kappa shape index (κ2) is 6.83. The number of hydrogen-bond donors (Lipinski definition) is 4. The first kappa shape index (κ1) is 18.3. The number of nitrogens with one attached hydrogen (secondary N) is 2. The van der Waals surface area contributed by atoms with Crippen molar-refractivity contribution in [3.05, 3.63) is 48.5 Å². The van der Waals surface area contributed by atoms with E-state index in [1.807, 2.05) is 0 Å². The van der Waals surface area contributed by atoms with E-state index in [1.165, 1.54) is 42.5 Å². The largest absolute Gasteiger partial charge is 0.332 e. The third-order valence-corrected chi connectivity index (χ3v) is 4.98. The van der Waals surface area contributed by atoms with Crippen molar-refractivity contribution in [3.63, 3.8) is 0 Å². The zero-order valence-electron chi connectivity index (χ0n) is 12.1. The zero-order valence-corrected chi connectivity index (χ0v) is 14.6. The average molecular weight is 386 g/mol. The summed E-state index contributed by atoms with van der Waals surface area (Å²) < 4.78 is 45.4. The van der Waals surface area contributed by atoms with E-state index in [9.17, 15) is 16.8 Å². The Bertz CT molecular complexity index is 971. The van der Waals surface area contributed by atoms with Gasteiger partial charge in [-0.25, -0.2) is 27.1 Å². The monoisotopic (exact) mass is 386 g/mol. The second-order valence-electron chi connectivity index (χ2n) is 4.69. The van der Waals surface area contributed by atoms with Crippen LogP contribution in [0.3, 0.4) is 0 Å². The number of rotatable bonds is 4. The lowest BCUT2D eigenvalue weighted by molar-refractivity contribution is 0.596. The molecule has 0 spiro atoms. The van der Waals surface area contributed by atoms with Crippen LogP contribution in [-0.4, -0.2) is 21.9 Å². The Labute approximate surface area is 145 Å². The normalized spacial score (nSPS) is 11.8. The second-order valence-corrected chi connectivity index (χ2v) is 8.19. The molecule has 2 rings (SSSR count). The number of primary sulfonamides is 2. The Morgan fingerprint density at radius 2 is 1.42 bits per heavy atom. The van der Waals surface area contributed by atoms with Crippen LogP contribution < -0.4 is 20.9 Å². The Hall–Kier alpha value is -2.05. The van der Waals surface area contributed by atoms with Gasteiger partial charge < -0.3 is 10.6 Å². The smallest absolute Gasteiger partial charge is 0.240 e. The number of hydrogen-bond acceptors (Lipinski definition) is 5. The van der Waals surface area contributed by atoms with Crippen LogP contribution in [0.25, 0.3) is 0 Å². The minimum atomic E-state index is -3.90. The number of benzene rings is 2. The molecule has 128 valence electrons. The molecule has 0 saturated carbocycles. The van der Waals surface area contributed by atoms with Crippen LogP contribution in [0.5, 0.6) is 0 Å². The summed E-state index contributed by atoms with van der Waals surface area (Å²) in [7, 11) is -7.68. The first-order valence-electron chi connectivity index (χ1n) is 6.40. The molecule has 0 aliphatic rings. The molecule has 0 aromatic heterocycles. The lowest BCUT2D eigenvalue weighted by Gasteiger charge is -2.13. The molecule has 0 unspecified atom stereocenters. The van der Waals surface area contributed by atoms with Crippen LogP contribution in [0.4, 0.5) is 11.4 Å². The van der Waals surface area contributed by atoms with E-state index < -0.39 is 20.0 Å². The minimum absolute atomic E-state index is 0.0356. The maximum Gasteiger partial charge on any atom is 0.240 e. The van der Waals surface area contributed by atoms with Crippen LogP contribution in [0, 0.1) is 0 Å². The lowest BCUT2D eigenvalue weighted by atomic mass is 10.3. The van der Waals surface area contributed by atoms with Crippen molar-refractivity contribution in [2.24, 2.45) is 10.3 Å². The number of sulfonamides is 2. The molecule has 0 amide bonds. The highest BCUT2D eigenvalue weighted by molar-refractivity contribution is 7.89. The summed E-state index contributed by atoms with van der Waals surface area (Å²) in [5.74, 6) is 0. The van der Waals surface area contributed by atoms with Crippen molar-refractivity contribution >= 4 is 48.8 Å². The van der Waals surface area contributed by atoms with E-state index >= 15 is 0 Å². The van der Waals surface area contributed by atoms with Crippen molar-refractivity contribution in [3.8, 4) is 0 Å². The van der Waals surface area contributed by atoms with Gasteiger partial charge in [0.15, 0.2) is 5.11 Å². The summed E-state index contributed by atoms with van der Waals surface area (Å²) in [6.45, 7) is 0. The van der Waals surface area contributed by atoms with Gasteiger partial charge in [-0.3, -0.25) is 0 Å². The van der Waals surface area contributed by atoms with Crippen molar-refractivity contribution in [1.29, 1.82) is 0 Å². The third-order valence-electron chi connectivity index (χ3n) is 2.88. The standard InChI is InChI=1S/C13H14N4O4S3/c14-23(18,19)10-7-5-9(6-8-10)16-13(22)17-11-3-1-2-4-12(11)24(15,20)21/h1-8H,(H2,14,18,19)(H2,15,20,21)(H2,16,17,22). The fraction of sp³-hybridized carbons (Fsp3) is 0. The maximum absolute atomic E-state index is 11.5. The molecule has 0 saturated heterocycles. The van der Waals surface area contributed by atoms with Crippen LogP contribution in [-0.2, 0) is 20.0 Å². The summed E-state index contributed by atoms with van der Waals surface area (Å²) >= 11 is 5.11. The van der Waals surface area contributed by atoms with Gasteiger partial charge in [-0.1, -0.05) is 12.1 Å². The highest BCUT2D eigenvalue weighted by atomic mass is 32.2. The van der Waals surface area contributed by atoms with Crippen LogP contribution in [0.15, 0.2) is 58.3 Å². The quantitative estimate of drug-likeness (QED) is 0.569. The molecule has 0 radical (unpaired) electrons. The lowest BCUT2D eigenvalue weighted by Crippen LogP contribution is -2.22. The molecule has 24 heavy (non-hydrogen) atoms. The van der Waals surface area contributed by atoms with E-state index in [0.717, 1.165) is 0 Å². The summed E-state index contributed by atoms with van der Waals surface area (Å²) in [5, 5.41) is 15.8. The molecular weight excluding hydrogens is 372 g/mol. The molecule has 0 aliphatic carbocycles. The summed E-state index contributed by atoms with van der Waals surface area (Å²) in [5.41, 5.74) is 0.714. The maximum atomic E-state index is 11.5. The van der Waals surface area contributed by atoms with E-state index in [1.54, 1.807) is 6.07 Å². The average Bonchev–Trinajstić information content (AvgIpc) is 2.46. The number of thiocarbonyl (C=S) groups is 1. The minimum Gasteiger partial charge on any atom is -0.332 e. The van der Waals surface area contributed by atoms with Crippen LogP contribution in [0.2, 0.25) is 0 Å². The number of nitrogens with two attached hydrogens (primary N) is 2. The fourth-order valence-electron chi connectivity index (χ4n) is 1.83. The van der Waals surface area contributed by atoms with Gasteiger partial charge in [-0.05, 0) is 48.6 Å². The molecular formula is C13H14N4O4S3. The molecule has 0 bridgehead atoms. The van der Waals surface area contributed by atoms with Gasteiger partial charge in [0.25, 0.3) is 0 Å². The Balaban J connectivity index is 2.15. The summed E-state index contributed by atoms with van der Waals surface area (Å²) in [4.78, 5) is -0.134. The van der Waals surface area contributed by atoms with Gasteiger partial charge in [0, 0.05) is 5.69 Å². The molecule has 6 N–H and O–H groups in total. The first-order chi connectivity index (χ1) is 11.1. The molecule has 8 nitrogen and oxygen atoms in total. The van der Waals surface area contributed by atoms with E-state index in [-0.39, 0.29) is 20.6 Å². The van der Waals surface area contributed by atoms with Gasteiger partial charge >= 0.3 is 0 Å². The van der Waals surface area contributed by atoms with Crippen LogP contribution >= 0.6 is 12.2 Å². The topological polar surface area (TPSA) is 144 Å². The molecule has 11 heteroatoms. The summed E-state index contributed by atoms with van der Waals surface area (Å²) in [6.07, 6.45) is 0. The highest BCUT2D eigenvalue weighted by Crippen LogP contribution is 2.20. The van der Waals surface area contributed by atoms with Crippen molar-refractivity contribution in [2.75, 3.05) is 10.6 Å². The van der Waals surface area contributed by atoms with Gasteiger partial charge in [0.1, 0.15) is 4.90 Å². The SMILES string of the molecule is NS(=O)(=O)c1ccc(NC(=S)Nc2ccccc2S(N)(=O)=O)cc1. The molecule has 0 heterocycles. The van der Waals surface area contributed by atoms with Gasteiger partial charge in [0.2, 0.25) is 20.0 Å². The van der Waals surface area contributed by atoms with Gasteiger partial charge in [-0.15, -0.1) is 0 Å². The number of para-hydroxylation sites is 1. The Morgan fingerprint density at radius 1 is 0.833 bits per heavy atom. The van der Waals surface area contributed by atoms with E-state index in [2.05, 4.69) is 10.6 Å². The Kier molecular flexibility index (Phi) is 5.20. The molecule has 2 aromatic carbocycles. The van der Waals surface area contributed by atoms with Gasteiger partial charge in [-0.2, -0.15) is 0 Å². The zero-order chi connectivity index (χ0) is 18.0. The third kappa shape index (κ3) is 4.72. The molecule has 0 atom stereocenters. The molecule has 0 fully saturated rings. The number of anilines is 2. The van der Waals surface area contributed by atoms with Crippen molar-refractivity contribution in [1.82, 2.24) is 0 Å². The molecule has 0 aliphatic heterocycles. The Morgan fingerprint density at radius 3 is 1.96 bits per heavy atom. The summed E-state index contributed by atoms with van der Waals surface area (Å²) in [6, 6.07) is 11.6. The fourth-order valence-corrected chi connectivity index (χ4v) is 3.27. The van der Waals surface area contributed by atoms with Crippen molar-refractivity contribution < 1.29 is 16.8 Å². The predicted molar refractivity (Wildman–Crippen MR) is 95.5 cm³/mol. The van der Waals surface area contributed by atoms with Crippen LogP contribution in [0.1, 0.15) is 0 Å². The van der Waals surface area contributed by atoms with E-state index in [0.29, 0.717) is 5.69 Å². The van der Waals surface area contributed by atoms with Gasteiger partial charge in [0.05, 0.1) is 10.6 Å². The highest BCUT2D eigenvalue weighted by Gasteiger charge is 2.14. The first-order valence-corrected chi connectivity index (χ1v) is 9.90. The predicted octanol–water partition coefficient (Wildman–Crippen LogP) is 0.790. The van der Waals surface area contributed by atoms with E-state index in [4.69, 9.17) is 22.5 Å².